The first-order chi connectivity index (χ1) is 13.1. The van der Waals surface area contributed by atoms with Crippen molar-refractivity contribution in [2.24, 2.45) is 0 Å². The minimum Gasteiger partial charge on any atom is -0.455 e. The number of benzene rings is 2. The zero-order chi connectivity index (χ0) is 19.1. The summed E-state index contributed by atoms with van der Waals surface area (Å²) >= 11 is 2.86. The molecule has 0 saturated heterocycles. The molecule has 140 valence electrons. The van der Waals surface area contributed by atoms with E-state index in [4.69, 9.17) is 4.74 Å². The third kappa shape index (κ3) is 5.80. The van der Waals surface area contributed by atoms with E-state index in [0.717, 1.165) is 20.1 Å². The van der Waals surface area contributed by atoms with Crippen LogP contribution in [0.25, 0.3) is 10.2 Å². The Kier molecular flexibility index (Phi) is 6.84. The van der Waals surface area contributed by atoms with Crippen LogP contribution < -0.4 is 5.32 Å². The first-order valence-electron chi connectivity index (χ1n) is 8.57. The standard InChI is InChI=1S/C20H20N2O3S2/c1-14(15-7-3-2-4-8-15)11-21-18(23)12-25-19(24)13-26-20-22-16-9-5-6-10-17(16)27-20/h2-10,14H,11-13H2,1H3,(H,21,23)/t14-/m0/s1. The van der Waals surface area contributed by atoms with Crippen molar-refractivity contribution >= 4 is 45.2 Å². The van der Waals surface area contributed by atoms with Gasteiger partial charge >= 0.3 is 5.97 Å². The van der Waals surface area contributed by atoms with E-state index < -0.39 is 5.97 Å². The summed E-state index contributed by atoms with van der Waals surface area (Å²) in [5.74, 6) is -0.393. The van der Waals surface area contributed by atoms with Crippen LogP contribution in [-0.2, 0) is 14.3 Å². The molecular weight excluding hydrogens is 380 g/mol. The molecule has 1 N–H and O–H groups in total. The number of nitrogens with zero attached hydrogens (tertiary/aromatic N) is 1. The topological polar surface area (TPSA) is 68.3 Å². The summed E-state index contributed by atoms with van der Waals surface area (Å²) in [4.78, 5) is 28.2. The number of aromatic nitrogens is 1. The van der Waals surface area contributed by atoms with Gasteiger partial charge in [0.2, 0.25) is 0 Å². The molecule has 0 bridgehead atoms. The van der Waals surface area contributed by atoms with Crippen LogP contribution in [0.1, 0.15) is 18.4 Å². The molecule has 27 heavy (non-hydrogen) atoms. The van der Waals surface area contributed by atoms with Crippen molar-refractivity contribution in [2.45, 2.75) is 17.2 Å². The number of para-hydroxylation sites is 1. The van der Waals surface area contributed by atoms with Crippen molar-refractivity contribution < 1.29 is 14.3 Å². The minimum atomic E-state index is -0.425. The Labute approximate surface area is 166 Å². The highest BCUT2D eigenvalue weighted by Crippen LogP contribution is 2.29. The van der Waals surface area contributed by atoms with Gasteiger partial charge in [0, 0.05) is 6.54 Å². The molecule has 1 aromatic heterocycles. The summed E-state index contributed by atoms with van der Waals surface area (Å²) in [5.41, 5.74) is 2.08. The lowest BCUT2D eigenvalue weighted by Gasteiger charge is -2.13. The zero-order valence-corrected chi connectivity index (χ0v) is 16.5. The number of nitrogens with one attached hydrogen (secondary N) is 1. The number of thioether (sulfide) groups is 1. The van der Waals surface area contributed by atoms with E-state index in [1.807, 2.05) is 61.5 Å². The summed E-state index contributed by atoms with van der Waals surface area (Å²) in [7, 11) is 0. The third-order valence-corrected chi connectivity index (χ3v) is 6.08. The molecule has 0 aliphatic heterocycles. The first-order valence-corrected chi connectivity index (χ1v) is 10.4. The number of hydrogen-bond acceptors (Lipinski definition) is 6. The number of hydrogen-bond donors (Lipinski definition) is 1. The number of carbonyl (C=O) groups excluding carboxylic acids is 2. The maximum atomic E-state index is 11.9. The predicted octanol–water partition coefficient (Wildman–Crippen LogP) is 3.85. The highest BCUT2D eigenvalue weighted by molar-refractivity contribution is 8.01. The lowest BCUT2D eigenvalue weighted by molar-refractivity contribution is -0.145. The molecule has 3 aromatic rings. The van der Waals surface area contributed by atoms with Crippen LogP contribution in [-0.4, -0.2) is 35.8 Å². The fourth-order valence-corrected chi connectivity index (χ4v) is 4.30. The summed E-state index contributed by atoms with van der Waals surface area (Å²) in [5, 5.41) is 2.79. The second-order valence-electron chi connectivity index (χ2n) is 6.01. The van der Waals surface area contributed by atoms with E-state index in [2.05, 4.69) is 10.3 Å². The maximum Gasteiger partial charge on any atom is 0.316 e. The van der Waals surface area contributed by atoms with Gasteiger partial charge in [-0.2, -0.15) is 0 Å². The van der Waals surface area contributed by atoms with Gasteiger partial charge in [0.15, 0.2) is 10.9 Å². The first kappa shape index (κ1) is 19.4. The molecule has 7 heteroatoms. The van der Waals surface area contributed by atoms with Gasteiger partial charge in [-0.05, 0) is 23.6 Å². The number of ether oxygens (including phenoxy) is 1. The molecule has 1 amide bonds. The van der Waals surface area contributed by atoms with E-state index in [1.165, 1.54) is 23.1 Å². The van der Waals surface area contributed by atoms with Gasteiger partial charge in [-0.25, -0.2) is 4.98 Å². The highest BCUT2D eigenvalue weighted by Gasteiger charge is 2.12. The Morgan fingerprint density at radius 2 is 1.89 bits per heavy atom. The number of esters is 1. The van der Waals surface area contributed by atoms with Crippen LogP contribution >= 0.6 is 23.1 Å². The Balaban J connectivity index is 1.36. The van der Waals surface area contributed by atoms with Crippen molar-refractivity contribution in [3.63, 3.8) is 0 Å². The van der Waals surface area contributed by atoms with Crippen LogP contribution in [0.5, 0.6) is 0 Å². The van der Waals surface area contributed by atoms with E-state index in [9.17, 15) is 9.59 Å². The van der Waals surface area contributed by atoms with Crippen LogP contribution in [0.2, 0.25) is 0 Å². The lowest BCUT2D eigenvalue weighted by atomic mass is 10.0. The Morgan fingerprint density at radius 1 is 1.15 bits per heavy atom. The number of fused-ring (bicyclic) bond motifs is 1. The molecule has 2 aromatic carbocycles. The van der Waals surface area contributed by atoms with Crippen LogP contribution in [0, 0.1) is 0 Å². The molecule has 0 unspecified atom stereocenters. The summed E-state index contributed by atoms with van der Waals surface area (Å²) < 4.78 is 6.94. The molecule has 5 nitrogen and oxygen atoms in total. The quantitative estimate of drug-likeness (QED) is 0.459. The van der Waals surface area contributed by atoms with Crippen LogP contribution in [0.3, 0.4) is 0 Å². The normalized spacial score (nSPS) is 11.9. The average molecular weight is 401 g/mol. The van der Waals surface area contributed by atoms with Crippen molar-refractivity contribution in [2.75, 3.05) is 18.9 Å². The Hall–Kier alpha value is -2.38. The second-order valence-corrected chi connectivity index (χ2v) is 8.27. The molecule has 1 atom stereocenters. The van der Waals surface area contributed by atoms with Gasteiger partial charge in [-0.3, -0.25) is 9.59 Å². The zero-order valence-electron chi connectivity index (χ0n) is 14.9. The molecule has 0 radical (unpaired) electrons. The van der Waals surface area contributed by atoms with E-state index >= 15 is 0 Å². The third-order valence-electron chi connectivity index (χ3n) is 3.93. The largest absolute Gasteiger partial charge is 0.455 e. The monoisotopic (exact) mass is 400 g/mol. The average Bonchev–Trinajstić information content (AvgIpc) is 3.12. The highest BCUT2D eigenvalue weighted by atomic mass is 32.2. The molecule has 0 aliphatic carbocycles. The van der Waals surface area contributed by atoms with Gasteiger partial charge in [-0.1, -0.05) is 61.2 Å². The molecule has 0 fully saturated rings. The second kappa shape index (κ2) is 9.53. The Morgan fingerprint density at radius 3 is 2.67 bits per heavy atom. The van der Waals surface area contributed by atoms with Crippen molar-refractivity contribution in [3.05, 3.63) is 60.2 Å². The summed E-state index contributed by atoms with van der Waals surface area (Å²) in [6.07, 6.45) is 0. The smallest absolute Gasteiger partial charge is 0.316 e. The fourth-order valence-electron chi connectivity index (χ4n) is 2.44. The molecule has 0 aliphatic rings. The number of rotatable bonds is 8. The number of thiazole rings is 1. The molecule has 0 spiro atoms. The fraction of sp³-hybridized carbons (Fsp3) is 0.250. The number of carbonyl (C=O) groups is 2. The van der Waals surface area contributed by atoms with E-state index in [1.54, 1.807) is 0 Å². The van der Waals surface area contributed by atoms with Gasteiger partial charge in [0.25, 0.3) is 5.91 Å². The number of amides is 1. The molecular formula is C20H20N2O3S2. The predicted molar refractivity (Wildman–Crippen MR) is 109 cm³/mol. The summed E-state index contributed by atoms with van der Waals surface area (Å²) in [6, 6.07) is 17.8. The maximum absolute atomic E-state index is 11.9. The van der Waals surface area contributed by atoms with Gasteiger partial charge in [0.05, 0.1) is 16.0 Å². The molecule has 0 saturated carbocycles. The molecule has 3 rings (SSSR count). The van der Waals surface area contributed by atoms with Crippen molar-refractivity contribution in [3.8, 4) is 0 Å². The SMILES string of the molecule is C[C@@H](CNC(=O)COC(=O)CSc1nc2ccccc2s1)c1ccccc1. The van der Waals surface area contributed by atoms with E-state index in [-0.39, 0.29) is 24.2 Å². The van der Waals surface area contributed by atoms with Crippen LogP contribution in [0.4, 0.5) is 0 Å². The van der Waals surface area contributed by atoms with E-state index in [0.29, 0.717) is 6.54 Å². The molecule has 1 heterocycles. The van der Waals surface area contributed by atoms with Crippen molar-refractivity contribution in [1.82, 2.24) is 10.3 Å². The van der Waals surface area contributed by atoms with Gasteiger partial charge in [-0.15, -0.1) is 11.3 Å². The van der Waals surface area contributed by atoms with Gasteiger partial charge < -0.3 is 10.1 Å². The van der Waals surface area contributed by atoms with Gasteiger partial charge in [0.1, 0.15) is 0 Å². The summed E-state index contributed by atoms with van der Waals surface area (Å²) in [6.45, 7) is 2.28. The minimum absolute atomic E-state index is 0.132. The van der Waals surface area contributed by atoms with Crippen LogP contribution in [0.15, 0.2) is 58.9 Å². The van der Waals surface area contributed by atoms with Crippen molar-refractivity contribution in [1.29, 1.82) is 0 Å². The lowest BCUT2D eigenvalue weighted by Crippen LogP contribution is -2.31. The Bertz CT molecular complexity index is 879.